The number of hydrogen-bond donors (Lipinski definition) is 1. The minimum Gasteiger partial charge on any atom is -0.395 e. The fourth-order valence-electron chi connectivity index (χ4n) is 3.19. The lowest BCUT2D eigenvalue weighted by molar-refractivity contribution is -0.133. The van der Waals surface area contributed by atoms with Crippen molar-refractivity contribution < 1.29 is 19.5 Å². The Balaban J connectivity index is 1.71. The van der Waals surface area contributed by atoms with E-state index in [9.17, 15) is 19.5 Å². The minimum atomic E-state index is -0.756. The van der Waals surface area contributed by atoms with Crippen LogP contribution in [-0.4, -0.2) is 45.5 Å². The Morgan fingerprint density at radius 3 is 2.48 bits per heavy atom. The second-order valence-electron chi connectivity index (χ2n) is 7.04. The number of aliphatic hydroxyl groups excluding tert-OH is 1. The number of imide groups is 1. The van der Waals surface area contributed by atoms with Gasteiger partial charge in [0.25, 0.3) is 5.24 Å². The topological polar surface area (TPSA) is 77.9 Å². The van der Waals surface area contributed by atoms with Crippen molar-refractivity contribution in [2.75, 3.05) is 18.1 Å². The number of anilines is 1. The summed E-state index contributed by atoms with van der Waals surface area (Å²) < 4.78 is 0. The third-order valence-corrected chi connectivity index (χ3v) is 6.01. The summed E-state index contributed by atoms with van der Waals surface area (Å²) in [5.41, 5.74) is 3.53. The van der Waals surface area contributed by atoms with Crippen molar-refractivity contribution in [2.45, 2.75) is 32.1 Å². The van der Waals surface area contributed by atoms with E-state index in [0.717, 1.165) is 33.4 Å². The number of thioether (sulfide) groups is 1. The molecule has 1 atom stereocenters. The Morgan fingerprint density at radius 2 is 1.83 bits per heavy atom. The predicted molar refractivity (Wildman–Crippen MR) is 114 cm³/mol. The molecular formula is C22H24N2O4S. The van der Waals surface area contributed by atoms with Gasteiger partial charge in [0.05, 0.1) is 12.3 Å². The van der Waals surface area contributed by atoms with E-state index in [0.29, 0.717) is 12.2 Å². The minimum absolute atomic E-state index is 0.0799. The van der Waals surface area contributed by atoms with Gasteiger partial charge in [0, 0.05) is 19.5 Å². The summed E-state index contributed by atoms with van der Waals surface area (Å²) in [4.78, 5) is 40.8. The molecule has 0 saturated carbocycles. The average Bonchev–Trinajstić information content (AvgIpc) is 2.97. The maximum atomic E-state index is 12.9. The van der Waals surface area contributed by atoms with Crippen LogP contribution in [0, 0.1) is 13.8 Å². The molecule has 0 spiro atoms. The van der Waals surface area contributed by atoms with Gasteiger partial charge >= 0.3 is 0 Å². The van der Waals surface area contributed by atoms with Gasteiger partial charge in [-0.3, -0.25) is 14.4 Å². The number of amides is 3. The number of carbonyl (C=O) groups excluding carboxylic acids is 3. The summed E-state index contributed by atoms with van der Waals surface area (Å²) in [5.74, 6) is -0.635. The maximum Gasteiger partial charge on any atom is 0.293 e. The van der Waals surface area contributed by atoms with Crippen molar-refractivity contribution in [3.05, 3.63) is 65.2 Å². The molecule has 3 rings (SSSR count). The lowest BCUT2D eigenvalue weighted by Gasteiger charge is -2.23. The van der Waals surface area contributed by atoms with Crippen molar-refractivity contribution in [1.82, 2.24) is 4.90 Å². The van der Waals surface area contributed by atoms with Crippen LogP contribution >= 0.6 is 11.8 Å². The molecular weight excluding hydrogens is 388 g/mol. The van der Waals surface area contributed by atoms with Gasteiger partial charge in [-0.15, -0.1) is 0 Å². The molecule has 2 aromatic carbocycles. The molecule has 29 heavy (non-hydrogen) atoms. The first-order valence-corrected chi connectivity index (χ1v) is 10.3. The summed E-state index contributed by atoms with van der Waals surface area (Å²) in [6.07, 6.45) is -0.0799. The normalized spacial score (nSPS) is 16.4. The summed E-state index contributed by atoms with van der Waals surface area (Å²) in [6.45, 7) is 4.24. The number of aliphatic hydroxyl groups is 1. The Hall–Kier alpha value is -2.64. The molecule has 0 aromatic heterocycles. The fraction of sp³-hybridized carbons (Fsp3) is 0.318. The van der Waals surface area contributed by atoms with E-state index in [-0.39, 0.29) is 36.6 Å². The molecule has 7 heteroatoms. The fourth-order valence-corrected chi connectivity index (χ4v) is 4.17. The maximum absolute atomic E-state index is 12.9. The Kier molecular flexibility index (Phi) is 6.71. The van der Waals surface area contributed by atoms with E-state index < -0.39 is 5.25 Å². The van der Waals surface area contributed by atoms with Crippen LogP contribution in [0.25, 0.3) is 0 Å². The van der Waals surface area contributed by atoms with Crippen molar-refractivity contribution in [3.63, 3.8) is 0 Å². The number of aryl methyl sites for hydroxylation is 2. The monoisotopic (exact) mass is 412 g/mol. The first kappa shape index (κ1) is 21.1. The Bertz CT molecular complexity index is 916. The molecule has 0 aliphatic carbocycles. The predicted octanol–water partition coefficient (Wildman–Crippen LogP) is 3.28. The molecule has 1 saturated heterocycles. The van der Waals surface area contributed by atoms with Gasteiger partial charge in [-0.25, -0.2) is 4.90 Å². The van der Waals surface area contributed by atoms with Gasteiger partial charge < -0.3 is 10.0 Å². The molecule has 152 valence electrons. The molecule has 6 nitrogen and oxygen atoms in total. The van der Waals surface area contributed by atoms with Crippen molar-refractivity contribution in [1.29, 1.82) is 0 Å². The van der Waals surface area contributed by atoms with E-state index in [4.69, 9.17) is 0 Å². The van der Waals surface area contributed by atoms with Crippen LogP contribution in [0.3, 0.4) is 0 Å². The molecule has 2 aromatic rings. The number of hydrogen-bond acceptors (Lipinski definition) is 5. The van der Waals surface area contributed by atoms with Crippen LogP contribution in [0.2, 0.25) is 0 Å². The van der Waals surface area contributed by atoms with E-state index >= 15 is 0 Å². The molecule has 3 amide bonds. The largest absolute Gasteiger partial charge is 0.395 e. The molecule has 1 fully saturated rings. The highest BCUT2D eigenvalue weighted by molar-refractivity contribution is 8.15. The van der Waals surface area contributed by atoms with Crippen molar-refractivity contribution in [3.8, 4) is 0 Å². The van der Waals surface area contributed by atoms with Crippen LogP contribution in [-0.2, 0) is 16.1 Å². The quantitative estimate of drug-likeness (QED) is 0.755. The third-order valence-electron chi connectivity index (χ3n) is 4.97. The molecule has 1 heterocycles. The molecule has 1 aliphatic heterocycles. The van der Waals surface area contributed by atoms with Crippen LogP contribution < -0.4 is 4.90 Å². The first-order valence-electron chi connectivity index (χ1n) is 9.45. The van der Waals surface area contributed by atoms with Crippen molar-refractivity contribution >= 4 is 34.5 Å². The van der Waals surface area contributed by atoms with Gasteiger partial charge in [-0.1, -0.05) is 36.4 Å². The lowest BCUT2D eigenvalue weighted by Crippen LogP contribution is -2.37. The summed E-state index contributed by atoms with van der Waals surface area (Å²) in [7, 11) is 0. The van der Waals surface area contributed by atoms with Gasteiger partial charge in [0.1, 0.15) is 5.25 Å². The number of rotatable bonds is 7. The standard InChI is InChI=1S/C22H24N2O4S/c1-15-8-9-18(12-16(15)2)24-21(27)19(29-22(24)28)13-20(26)23(10-11-25)14-17-6-4-3-5-7-17/h3-9,12,19,25H,10-11,13-14H2,1-2H3. The van der Waals surface area contributed by atoms with Gasteiger partial charge in [0.15, 0.2) is 0 Å². The van der Waals surface area contributed by atoms with E-state index in [2.05, 4.69) is 0 Å². The Morgan fingerprint density at radius 1 is 1.10 bits per heavy atom. The first-order chi connectivity index (χ1) is 13.9. The van der Waals surface area contributed by atoms with Gasteiger partial charge in [0.2, 0.25) is 11.8 Å². The lowest BCUT2D eigenvalue weighted by atomic mass is 10.1. The number of benzene rings is 2. The van der Waals surface area contributed by atoms with Crippen LogP contribution in [0.15, 0.2) is 48.5 Å². The highest BCUT2D eigenvalue weighted by Gasteiger charge is 2.42. The second-order valence-corrected chi connectivity index (χ2v) is 8.20. The van der Waals surface area contributed by atoms with Crippen LogP contribution in [0.4, 0.5) is 10.5 Å². The van der Waals surface area contributed by atoms with E-state index in [1.54, 1.807) is 6.07 Å². The zero-order valence-electron chi connectivity index (χ0n) is 16.5. The number of carbonyl (C=O) groups is 3. The highest BCUT2D eigenvalue weighted by Crippen LogP contribution is 2.34. The summed E-state index contributed by atoms with van der Waals surface area (Å²) >= 11 is 0.884. The molecule has 1 aliphatic rings. The highest BCUT2D eigenvalue weighted by atomic mass is 32.2. The zero-order valence-corrected chi connectivity index (χ0v) is 17.3. The number of nitrogens with zero attached hydrogens (tertiary/aromatic N) is 2. The van der Waals surface area contributed by atoms with Gasteiger partial charge in [-0.2, -0.15) is 0 Å². The van der Waals surface area contributed by atoms with Crippen LogP contribution in [0.5, 0.6) is 0 Å². The van der Waals surface area contributed by atoms with Crippen molar-refractivity contribution in [2.24, 2.45) is 0 Å². The van der Waals surface area contributed by atoms with Crippen LogP contribution in [0.1, 0.15) is 23.1 Å². The third kappa shape index (κ3) is 4.86. The molecule has 1 unspecified atom stereocenters. The van der Waals surface area contributed by atoms with Gasteiger partial charge in [-0.05, 0) is 54.4 Å². The van der Waals surface area contributed by atoms with E-state index in [1.807, 2.05) is 56.3 Å². The summed E-state index contributed by atoms with van der Waals surface area (Å²) in [5, 5.41) is 8.21. The average molecular weight is 413 g/mol. The molecule has 0 bridgehead atoms. The Labute approximate surface area is 174 Å². The molecule has 1 N–H and O–H groups in total. The summed E-state index contributed by atoms with van der Waals surface area (Å²) in [6, 6.07) is 14.9. The second kappa shape index (κ2) is 9.24. The molecule has 0 radical (unpaired) electrons. The smallest absolute Gasteiger partial charge is 0.293 e. The van der Waals surface area contributed by atoms with E-state index in [1.165, 1.54) is 4.90 Å². The SMILES string of the molecule is Cc1ccc(N2C(=O)SC(CC(=O)N(CCO)Cc3ccccc3)C2=O)cc1C. The zero-order chi connectivity index (χ0) is 21.0.